The highest BCUT2D eigenvalue weighted by Gasteiger charge is 2.29. The molecular formula is C19H24N6. The molecule has 3 aromatic rings. The molecule has 0 saturated heterocycles. The van der Waals surface area contributed by atoms with E-state index in [-0.39, 0.29) is 6.04 Å². The molecule has 0 radical (unpaired) electrons. The summed E-state index contributed by atoms with van der Waals surface area (Å²) < 4.78 is 2.07. The van der Waals surface area contributed by atoms with Gasteiger partial charge in [0.15, 0.2) is 5.82 Å². The van der Waals surface area contributed by atoms with Crippen LogP contribution in [0.4, 0.5) is 11.5 Å². The van der Waals surface area contributed by atoms with Gasteiger partial charge in [-0.25, -0.2) is 4.98 Å². The fourth-order valence-corrected chi connectivity index (χ4v) is 3.00. The Kier molecular flexibility index (Phi) is 4.26. The fraction of sp³-hybridized carbons (Fsp3) is 0.421. The summed E-state index contributed by atoms with van der Waals surface area (Å²) in [5, 5.41) is 15.8. The largest absolute Gasteiger partial charge is 0.380 e. The summed E-state index contributed by atoms with van der Waals surface area (Å²) in [6, 6.07) is 10.6. The quantitative estimate of drug-likeness (QED) is 0.691. The molecule has 0 spiro atoms. The number of hydrogen-bond donors (Lipinski definition) is 2. The zero-order chi connectivity index (χ0) is 17.2. The van der Waals surface area contributed by atoms with Crippen LogP contribution in [0, 0.1) is 5.92 Å². The van der Waals surface area contributed by atoms with Crippen LogP contribution in [0.15, 0.2) is 42.7 Å². The Morgan fingerprint density at radius 1 is 1.16 bits per heavy atom. The Labute approximate surface area is 147 Å². The molecule has 0 amide bonds. The molecule has 1 aromatic carbocycles. The maximum absolute atomic E-state index is 4.48. The fourth-order valence-electron chi connectivity index (χ4n) is 3.00. The Balaban J connectivity index is 1.50. The summed E-state index contributed by atoms with van der Waals surface area (Å²) in [6.45, 7) is 5.21. The lowest BCUT2D eigenvalue weighted by Gasteiger charge is -2.24. The van der Waals surface area contributed by atoms with E-state index in [1.54, 1.807) is 0 Å². The second-order valence-electron chi connectivity index (χ2n) is 7.04. The van der Waals surface area contributed by atoms with E-state index in [9.17, 15) is 0 Å². The number of para-hydroxylation sites is 1. The van der Waals surface area contributed by atoms with Gasteiger partial charge in [0.1, 0.15) is 5.82 Å². The number of aromatic nitrogens is 4. The van der Waals surface area contributed by atoms with Crippen molar-refractivity contribution in [1.82, 2.24) is 19.6 Å². The van der Waals surface area contributed by atoms with Crippen molar-refractivity contribution < 1.29 is 0 Å². The van der Waals surface area contributed by atoms with Crippen LogP contribution in [0.1, 0.15) is 38.4 Å². The van der Waals surface area contributed by atoms with Crippen LogP contribution in [-0.2, 0) is 0 Å². The van der Waals surface area contributed by atoms with Gasteiger partial charge in [-0.3, -0.25) is 4.40 Å². The number of hydrogen-bond acceptors (Lipinski definition) is 5. The highest BCUT2D eigenvalue weighted by molar-refractivity contribution is 5.62. The van der Waals surface area contributed by atoms with Gasteiger partial charge < -0.3 is 10.6 Å². The van der Waals surface area contributed by atoms with Gasteiger partial charge in [-0.1, -0.05) is 32.0 Å². The molecule has 0 aliphatic heterocycles. The van der Waals surface area contributed by atoms with E-state index in [1.807, 2.05) is 30.6 Å². The van der Waals surface area contributed by atoms with Crippen molar-refractivity contribution >= 4 is 17.2 Å². The van der Waals surface area contributed by atoms with E-state index < -0.39 is 0 Å². The van der Waals surface area contributed by atoms with Crippen LogP contribution in [0.5, 0.6) is 0 Å². The summed E-state index contributed by atoms with van der Waals surface area (Å²) >= 11 is 0. The molecule has 2 aromatic heterocycles. The minimum atomic E-state index is 0.287. The first-order chi connectivity index (χ1) is 12.2. The normalized spacial score (nSPS) is 15.5. The molecule has 2 N–H and O–H groups in total. The van der Waals surface area contributed by atoms with Crippen LogP contribution in [0.2, 0.25) is 0 Å². The number of nitrogens with one attached hydrogen (secondary N) is 2. The van der Waals surface area contributed by atoms with Crippen molar-refractivity contribution in [3.8, 4) is 0 Å². The van der Waals surface area contributed by atoms with Crippen molar-refractivity contribution in [2.45, 2.75) is 38.6 Å². The standard InChI is InChI=1S/C19H24N6/c1-13(2)16(22-15-6-4-3-5-7-15)12-21-17-19-24-23-18(14-8-9-14)25(19)11-10-20-17/h3-7,10-11,13-14,16,22H,8-9,12H2,1-2H3,(H,20,21). The molecular weight excluding hydrogens is 312 g/mol. The van der Waals surface area contributed by atoms with Gasteiger partial charge in [0, 0.05) is 36.6 Å². The summed E-state index contributed by atoms with van der Waals surface area (Å²) in [6.07, 6.45) is 6.19. The van der Waals surface area contributed by atoms with E-state index in [4.69, 9.17) is 0 Å². The topological polar surface area (TPSA) is 67.1 Å². The predicted octanol–water partition coefficient (Wildman–Crippen LogP) is 3.55. The van der Waals surface area contributed by atoms with Crippen LogP contribution < -0.4 is 10.6 Å². The number of anilines is 2. The first kappa shape index (κ1) is 15.9. The van der Waals surface area contributed by atoms with Crippen molar-refractivity contribution in [3.05, 3.63) is 48.5 Å². The summed E-state index contributed by atoms with van der Waals surface area (Å²) in [4.78, 5) is 4.48. The van der Waals surface area contributed by atoms with Crippen LogP contribution in [0.3, 0.4) is 0 Å². The van der Waals surface area contributed by atoms with Gasteiger partial charge in [0.05, 0.1) is 0 Å². The molecule has 25 heavy (non-hydrogen) atoms. The predicted molar refractivity (Wildman–Crippen MR) is 99.9 cm³/mol. The zero-order valence-corrected chi connectivity index (χ0v) is 14.7. The number of rotatable bonds is 7. The van der Waals surface area contributed by atoms with Crippen LogP contribution in [-0.4, -0.2) is 32.2 Å². The molecule has 1 saturated carbocycles. The first-order valence-corrected chi connectivity index (χ1v) is 8.97. The second-order valence-corrected chi connectivity index (χ2v) is 7.04. The van der Waals surface area contributed by atoms with E-state index in [0.29, 0.717) is 11.8 Å². The average Bonchev–Trinajstić information content (AvgIpc) is 3.38. The maximum atomic E-state index is 4.48. The lowest BCUT2D eigenvalue weighted by atomic mass is 10.0. The number of nitrogens with zero attached hydrogens (tertiary/aromatic N) is 4. The van der Waals surface area contributed by atoms with Crippen LogP contribution >= 0.6 is 0 Å². The molecule has 1 unspecified atom stereocenters. The molecule has 6 nitrogen and oxygen atoms in total. The second kappa shape index (κ2) is 6.70. The monoisotopic (exact) mass is 336 g/mol. The Morgan fingerprint density at radius 2 is 1.96 bits per heavy atom. The van der Waals surface area contributed by atoms with Gasteiger partial charge >= 0.3 is 0 Å². The van der Waals surface area contributed by atoms with Gasteiger partial charge in [0.25, 0.3) is 0 Å². The highest BCUT2D eigenvalue weighted by Crippen LogP contribution is 2.39. The van der Waals surface area contributed by atoms with E-state index >= 15 is 0 Å². The molecule has 1 aliphatic rings. The summed E-state index contributed by atoms with van der Waals surface area (Å²) in [7, 11) is 0. The molecule has 2 heterocycles. The third kappa shape index (κ3) is 3.43. The van der Waals surface area contributed by atoms with E-state index in [0.717, 1.165) is 29.5 Å². The molecule has 130 valence electrons. The smallest absolute Gasteiger partial charge is 0.203 e. The Hall–Kier alpha value is -2.63. The summed E-state index contributed by atoms with van der Waals surface area (Å²) in [5.74, 6) is 2.89. The lowest BCUT2D eigenvalue weighted by Crippen LogP contribution is -2.33. The molecule has 4 rings (SSSR count). The Morgan fingerprint density at radius 3 is 2.68 bits per heavy atom. The van der Waals surface area contributed by atoms with Crippen molar-refractivity contribution in [3.63, 3.8) is 0 Å². The minimum absolute atomic E-state index is 0.287. The summed E-state index contributed by atoms with van der Waals surface area (Å²) in [5.41, 5.74) is 1.94. The Bertz CT molecular complexity index is 838. The molecule has 0 bridgehead atoms. The van der Waals surface area contributed by atoms with E-state index in [2.05, 4.69) is 56.2 Å². The van der Waals surface area contributed by atoms with Crippen molar-refractivity contribution in [1.29, 1.82) is 0 Å². The zero-order valence-electron chi connectivity index (χ0n) is 14.7. The van der Waals surface area contributed by atoms with Crippen LogP contribution in [0.25, 0.3) is 5.65 Å². The van der Waals surface area contributed by atoms with Gasteiger partial charge in [-0.2, -0.15) is 0 Å². The van der Waals surface area contributed by atoms with Gasteiger partial charge in [-0.15, -0.1) is 10.2 Å². The molecule has 6 heteroatoms. The van der Waals surface area contributed by atoms with Crippen molar-refractivity contribution in [2.75, 3.05) is 17.2 Å². The van der Waals surface area contributed by atoms with E-state index in [1.165, 1.54) is 12.8 Å². The first-order valence-electron chi connectivity index (χ1n) is 8.97. The molecule has 1 aliphatic carbocycles. The van der Waals surface area contributed by atoms with Crippen molar-refractivity contribution in [2.24, 2.45) is 5.92 Å². The number of fused-ring (bicyclic) bond motifs is 1. The number of benzene rings is 1. The molecule has 1 atom stereocenters. The highest BCUT2D eigenvalue weighted by atomic mass is 15.3. The average molecular weight is 336 g/mol. The maximum Gasteiger partial charge on any atom is 0.203 e. The minimum Gasteiger partial charge on any atom is -0.380 e. The molecule has 1 fully saturated rings. The lowest BCUT2D eigenvalue weighted by molar-refractivity contribution is 0.541. The third-order valence-electron chi connectivity index (χ3n) is 4.72. The van der Waals surface area contributed by atoms with Gasteiger partial charge in [0.2, 0.25) is 5.65 Å². The third-order valence-corrected chi connectivity index (χ3v) is 4.72. The SMILES string of the molecule is CC(C)C(CNc1nccn2c(C3CC3)nnc12)Nc1ccccc1. The van der Waals surface area contributed by atoms with Gasteiger partial charge in [-0.05, 0) is 30.9 Å².